The van der Waals surface area contributed by atoms with Gasteiger partial charge < -0.3 is 19.2 Å². The number of amides is 1. The van der Waals surface area contributed by atoms with Gasteiger partial charge in [0.15, 0.2) is 11.5 Å². The van der Waals surface area contributed by atoms with Gasteiger partial charge in [0.2, 0.25) is 0 Å². The van der Waals surface area contributed by atoms with Crippen molar-refractivity contribution in [3.05, 3.63) is 65.3 Å². The molecular formula is C22H20ClNO5. The molecule has 1 N–H and O–H groups in total. The Balaban J connectivity index is 1.58. The summed E-state index contributed by atoms with van der Waals surface area (Å²) in [5.41, 5.74) is 1.13. The van der Waals surface area contributed by atoms with Gasteiger partial charge in [-0.15, -0.1) is 11.6 Å². The molecule has 4 atom stereocenters. The quantitative estimate of drug-likeness (QED) is 0.776. The lowest BCUT2D eigenvalue weighted by atomic mass is 9.77. The number of alkyl halides is 1. The standard InChI is InChI=1S/C22H20ClNO5/c23-13-5-8-17-16(10-13)20(26)18-19(12-3-6-14(25)7-4-12)24(22(27)21(18)29-17)11-15-2-1-9-28-15/h1-4,6-7,9,13,16-17,19,25H,5,8,10-11H2. The first-order valence-corrected chi connectivity index (χ1v) is 10.2. The number of carbonyl (C=O) groups is 2. The Hall–Kier alpha value is -2.73. The molecule has 1 saturated carbocycles. The number of phenolic OH excluding ortho intramolecular Hbond substituents is 1. The zero-order chi connectivity index (χ0) is 20.1. The second-order valence-electron chi connectivity index (χ2n) is 7.79. The molecule has 3 aliphatic rings. The maximum absolute atomic E-state index is 13.5. The van der Waals surface area contributed by atoms with Crippen molar-refractivity contribution in [2.45, 2.75) is 43.3 Å². The van der Waals surface area contributed by atoms with Crippen molar-refractivity contribution >= 4 is 23.3 Å². The number of ether oxygens (including phenoxy) is 1. The molecule has 4 unspecified atom stereocenters. The summed E-state index contributed by atoms with van der Waals surface area (Å²) >= 11 is 6.33. The average Bonchev–Trinajstić information content (AvgIpc) is 3.32. The first kappa shape index (κ1) is 18.3. The van der Waals surface area contributed by atoms with Crippen LogP contribution in [0, 0.1) is 5.92 Å². The molecule has 3 heterocycles. The van der Waals surface area contributed by atoms with Crippen LogP contribution in [0.1, 0.15) is 36.6 Å². The number of furan rings is 1. The Bertz CT molecular complexity index is 981. The van der Waals surface area contributed by atoms with Crippen molar-refractivity contribution in [3.63, 3.8) is 0 Å². The molecule has 0 saturated heterocycles. The number of fused-ring (bicyclic) bond motifs is 1. The number of halogens is 1. The molecule has 5 rings (SSSR count). The lowest BCUT2D eigenvalue weighted by Crippen LogP contribution is -2.41. The van der Waals surface area contributed by atoms with Crippen LogP contribution in [0.25, 0.3) is 0 Å². The van der Waals surface area contributed by atoms with E-state index in [4.69, 9.17) is 20.8 Å². The number of nitrogens with zero attached hydrogens (tertiary/aromatic N) is 1. The average molecular weight is 414 g/mol. The highest BCUT2D eigenvalue weighted by Gasteiger charge is 2.52. The molecule has 0 bridgehead atoms. The number of hydrogen-bond donors (Lipinski definition) is 1. The summed E-state index contributed by atoms with van der Waals surface area (Å²) in [5.74, 6) is 0.181. The third kappa shape index (κ3) is 3.02. The molecule has 2 aliphatic heterocycles. The first-order chi connectivity index (χ1) is 14.0. The predicted molar refractivity (Wildman–Crippen MR) is 104 cm³/mol. The second-order valence-corrected chi connectivity index (χ2v) is 8.40. The normalized spacial score (nSPS) is 28.9. The topological polar surface area (TPSA) is 80.0 Å². The monoisotopic (exact) mass is 413 g/mol. The third-order valence-electron chi connectivity index (χ3n) is 5.99. The van der Waals surface area contributed by atoms with Gasteiger partial charge in [0, 0.05) is 5.38 Å². The SMILES string of the molecule is O=C1C2=C(OC3CCC(Cl)CC13)C(=O)N(Cc1ccco1)C2c1ccc(O)cc1. The van der Waals surface area contributed by atoms with Crippen molar-refractivity contribution < 1.29 is 23.8 Å². The molecule has 1 fully saturated rings. The summed E-state index contributed by atoms with van der Waals surface area (Å²) in [5, 5.41) is 9.62. The van der Waals surface area contributed by atoms with E-state index in [0.717, 1.165) is 12.0 Å². The lowest BCUT2D eigenvalue weighted by molar-refractivity contribution is -0.135. The van der Waals surface area contributed by atoms with Gasteiger partial charge in [-0.2, -0.15) is 0 Å². The first-order valence-electron chi connectivity index (χ1n) is 9.74. The molecule has 1 aromatic heterocycles. The number of ketones is 1. The Morgan fingerprint density at radius 1 is 1.14 bits per heavy atom. The molecule has 0 radical (unpaired) electrons. The number of rotatable bonds is 3. The van der Waals surface area contributed by atoms with Crippen molar-refractivity contribution in [1.82, 2.24) is 4.90 Å². The van der Waals surface area contributed by atoms with Gasteiger partial charge in [0.1, 0.15) is 17.6 Å². The van der Waals surface area contributed by atoms with Crippen LogP contribution >= 0.6 is 11.6 Å². The van der Waals surface area contributed by atoms with Crippen LogP contribution in [0.3, 0.4) is 0 Å². The maximum Gasteiger partial charge on any atom is 0.290 e. The molecular weight excluding hydrogens is 394 g/mol. The van der Waals surface area contributed by atoms with Gasteiger partial charge in [-0.05, 0) is 49.1 Å². The minimum Gasteiger partial charge on any atom is -0.508 e. The van der Waals surface area contributed by atoms with Crippen LogP contribution in [-0.4, -0.2) is 33.2 Å². The van der Waals surface area contributed by atoms with Crippen LogP contribution in [0.15, 0.2) is 58.4 Å². The fourth-order valence-electron chi connectivity index (χ4n) is 4.60. The van der Waals surface area contributed by atoms with Gasteiger partial charge in [-0.3, -0.25) is 9.59 Å². The Morgan fingerprint density at radius 3 is 2.66 bits per heavy atom. The number of benzene rings is 1. The maximum atomic E-state index is 13.5. The van der Waals surface area contributed by atoms with Gasteiger partial charge >= 0.3 is 0 Å². The number of phenols is 1. The Kier molecular flexibility index (Phi) is 4.39. The number of carbonyl (C=O) groups excluding carboxylic acids is 2. The van der Waals surface area contributed by atoms with E-state index in [1.165, 1.54) is 0 Å². The zero-order valence-corrected chi connectivity index (χ0v) is 16.3. The third-order valence-corrected chi connectivity index (χ3v) is 6.39. The summed E-state index contributed by atoms with van der Waals surface area (Å²) in [6.45, 7) is 0.217. The summed E-state index contributed by atoms with van der Waals surface area (Å²) in [7, 11) is 0. The van der Waals surface area contributed by atoms with E-state index in [0.29, 0.717) is 24.2 Å². The van der Waals surface area contributed by atoms with E-state index >= 15 is 0 Å². The van der Waals surface area contributed by atoms with E-state index in [1.54, 1.807) is 47.6 Å². The highest BCUT2D eigenvalue weighted by atomic mass is 35.5. The number of Topliss-reactive ketones (excluding diaryl/α,β-unsaturated/α-hetero) is 1. The minimum absolute atomic E-state index is 0.0602. The Labute approximate surface area is 172 Å². The molecule has 29 heavy (non-hydrogen) atoms. The van der Waals surface area contributed by atoms with Gasteiger partial charge in [-0.1, -0.05) is 12.1 Å². The van der Waals surface area contributed by atoms with Crippen LogP contribution < -0.4 is 0 Å². The summed E-state index contributed by atoms with van der Waals surface area (Å²) in [6.07, 6.45) is 3.23. The highest BCUT2D eigenvalue weighted by molar-refractivity contribution is 6.21. The van der Waals surface area contributed by atoms with Gasteiger partial charge in [-0.25, -0.2) is 0 Å². The Morgan fingerprint density at radius 2 is 1.93 bits per heavy atom. The fraction of sp³-hybridized carbons (Fsp3) is 0.364. The van der Waals surface area contributed by atoms with Crippen molar-refractivity contribution in [2.75, 3.05) is 0 Å². The molecule has 6 nitrogen and oxygen atoms in total. The second kappa shape index (κ2) is 6.95. The molecule has 7 heteroatoms. The van der Waals surface area contributed by atoms with E-state index in [-0.39, 0.29) is 47.1 Å². The van der Waals surface area contributed by atoms with E-state index < -0.39 is 6.04 Å². The molecule has 1 aliphatic carbocycles. The minimum atomic E-state index is -0.590. The van der Waals surface area contributed by atoms with Gasteiger partial charge in [0.25, 0.3) is 5.91 Å². The molecule has 1 amide bonds. The molecule has 1 aromatic carbocycles. The van der Waals surface area contributed by atoms with Crippen molar-refractivity contribution in [3.8, 4) is 5.75 Å². The summed E-state index contributed by atoms with van der Waals surface area (Å²) in [6, 6.07) is 9.51. The summed E-state index contributed by atoms with van der Waals surface area (Å²) < 4.78 is 11.5. The fourth-order valence-corrected chi connectivity index (χ4v) is 4.92. The zero-order valence-electron chi connectivity index (χ0n) is 15.6. The lowest BCUT2D eigenvalue weighted by Gasteiger charge is -2.37. The van der Waals surface area contributed by atoms with Crippen LogP contribution in [-0.2, 0) is 20.9 Å². The smallest absolute Gasteiger partial charge is 0.290 e. The van der Waals surface area contributed by atoms with E-state index in [2.05, 4.69) is 0 Å². The van der Waals surface area contributed by atoms with Crippen LogP contribution in [0.2, 0.25) is 0 Å². The van der Waals surface area contributed by atoms with Crippen molar-refractivity contribution in [1.29, 1.82) is 0 Å². The van der Waals surface area contributed by atoms with Gasteiger partial charge in [0.05, 0.1) is 30.3 Å². The number of aromatic hydroxyl groups is 1. The summed E-state index contributed by atoms with van der Waals surface area (Å²) in [4.78, 5) is 28.4. The van der Waals surface area contributed by atoms with Crippen LogP contribution in [0.5, 0.6) is 5.75 Å². The largest absolute Gasteiger partial charge is 0.508 e. The highest BCUT2D eigenvalue weighted by Crippen LogP contribution is 2.47. The predicted octanol–water partition coefficient (Wildman–Crippen LogP) is 3.70. The van der Waals surface area contributed by atoms with E-state index in [9.17, 15) is 14.7 Å². The van der Waals surface area contributed by atoms with E-state index in [1.807, 2.05) is 0 Å². The van der Waals surface area contributed by atoms with Crippen LogP contribution in [0.4, 0.5) is 0 Å². The van der Waals surface area contributed by atoms with Crippen molar-refractivity contribution in [2.24, 2.45) is 5.92 Å². The number of hydrogen-bond acceptors (Lipinski definition) is 5. The molecule has 0 spiro atoms. The molecule has 150 valence electrons. The molecule has 2 aromatic rings.